The average molecular weight is 291 g/mol. The lowest BCUT2D eigenvalue weighted by Gasteiger charge is -2.05. The minimum absolute atomic E-state index is 0.0686. The molecule has 0 aromatic carbocycles. The van der Waals surface area contributed by atoms with Crippen molar-refractivity contribution >= 4 is 23.1 Å². The lowest BCUT2D eigenvalue weighted by molar-refractivity contribution is 0.0691. The van der Waals surface area contributed by atoms with Crippen LogP contribution >= 0.6 is 11.3 Å². The molecule has 0 aliphatic rings. The first-order valence-electron chi connectivity index (χ1n) is 5.88. The second-order valence-electron chi connectivity index (χ2n) is 4.15. The molecule has 0 spiro atoms. The lowest BCUT2D eigenvalue weighted by Crippen LogP contribution is -2.09. The Hall–Kier alpha value is -2.40. The van der Waals surface area contributed by atoms with Gasteiger partial charge < -0.3 is 10.4 Å². The van der Waals surface area contributed by atoms with Gasteiger partial charge in [-0.15, -0.1) is 11.3 Å². The van der Waals surface area contributed by atoms with Crippen LogP contribution in [0.15, 0.2) is 5.38 Å². The smallest absolute Gasteiger partial charge is 0.355 e. The summed E-state index contributed by atoms with van der Waals surface area (Å²) < 4.78 is 1.62. The maximum absolute atomic E-state index is 10.7. The van der Waals surface area contributed by atoms with Gasteiger partial charge in [-0.3, -0.25) is 4.68 Å². The van der Waals surface area contributed by atoms with Crippen molar-refractivity contribution in [1.29, 1.82) is 5.26 Å². The van der Waals surface area contributed by atoms with E-state index in [-0.39, 0.29) is 5.69 Å². The summed E-state index contributed by atoms with van der Waals surface area (Å²) in [7, 11) is 1.77. The molecule has 0 fully saturated rings. The number of carboxylic acids is 1. The van der Waals surface area contributed by atoms with Crippen LogP contribution in [-0.4, -0.2) is 32.4 Å². The van der Waals surface area contributed by atoms with Crippen molar-refractivity contribution in [1.82, 2.24) is 14.8 Å². The zero-order chi connectivity index (χ0) is 14.7. The van der Waals surface area contributed by atoms with Crippen LogP contribution in [0.4, 0.5) is 5.82 Å². The number of aromatic carboxylic acids is 1. The molecule has 20 heavy (non-hydrogen) atoms. The Morgan fingerprint density at radius 3 is 3.00 bits per heavy atom. The molecule has 2 aromatic heterocycles. The molecular formula is C12H13N5O2S. The monoisotopic (exact) mass is 291 g/mol. The van der Waals surface area contributed by atoms with Crippen LogP contribution in [0.2, 0.25) is 0 Å². The maximum Gasteiger partial charge on any atom is 0.355 e. The Balaban J connectivity index is 1.99. The van der Waals surface area contributed by atoms with Gasteiger partial charge in [-0.1, -0.05) is 0 Å². The number of nitrogens with zero attached hydrogens (tertiary/aromatic N) is 4. The first kappa shape index (κ1) is 14.0. The first-order chi connectivity index (χ1) is 9.52. The molecule has 0 saturated carbocycles. The average Bonchev–Trinajstić information content (AvgIpc) is 2.95. The molecule has 104 valence electrons. The number of nitrogens with one attached hydrogen (secondary N) is 1. The van der Waals surface area contributed by atoms with Crippen molar-refractivity contribution < 1.29 is 9.90 Å². The van der Waals surface area contributed by atoms with Crippen LogP contribution in [0.3, 0.4) is 0 Å². The molecule has 0 aliphatic heterocycles. The number of aromatic nitrogens is 3. The van der Waals surface area contributed by atoms with E-state index < -0.39 is 5.97 Å². The molecule has 7 nitrogen and oxygen atoms in total. The fourth-order valence-corrected chi connectivity index (χ4v) is 2.58. The maximum atomic E-state index is 10.7. The highest BCUT2D eigenvalue weighted by Crippen LogP contribution is 2.17. The van der Waals surface area contributed by atoms with Crippen molar-refractivity contribution in [2.75, 3.05) is 11.9 Å². The molecule has 2 heterocycles. The first-order valence-corrected chi connectivity index (χ1v) is 6.76. The Bertz CT molecular complexity index is 683. The normalized spacial score (nSPS) is 10.2. The number of carboxylic acid groups (broad SMARTS) is 1. The van der Waals surface area contributed by atoms with Crippen LogP contribution in [0.5, 0.6) is 0 Å². The molecule has 8 heteroatoms. The zero-order valence-corrected chi connectivity index (χ0v) is 11.9. The van der Waals surface area contributed by atoms with Gasteiger partial charge in [-0.05, 0) is 6.92 Å². The largest absolute Gasteiger partial charge is 0.476 e. The molecule has 0 bridgehead atoms. The summed E-state index contributed by atoms with van der Waals surface area (Å²) in [4.78, 5) is 14.7. The highest BCUT2D eigenvalue weighted by Gasteiger charge is 2.13. The van der Waals surface area contributed by atoms with Crippen molar-refractivity contribution in [2.45, 2.75) is 13.3 Å². The van der Waals surface area contributed by atoms with Crippen molar-refractivity contribution in [2.24, 2.45) is 7.05 Å². The third-order valence-corrected chi connectivity index (χ3v) is 3.64. The number of carbonyl (C=O) groups is 1. The molecule has 2 aromatic rings. The fourth-order valence-electron chi connectivity index (χ4n) is 1.81. The van der Waals surface area contributed by atoms with Gasteiger partial charge in [0.2, 0.25) is 0 Å². The van der Waals surface area contributed by atoms with E-state index in [9.17, 15) is 4.79 Å². The van der Waals surface area contributed by atoms with E-state index in [2.05, 4.69) is 21.5 Å². The number of anilines is 1. The van der Waals surface area contributed by atoms with E-state index in [0.29, 0.717) is 30.0 Å². The van der Waals surface area contributed by atoms with E-state index in [1.165, 1.54) is 16.7 Å². The van der Waals surface area contributed by atoms with Gasteiger partial charge in [-0.2, -0.15) is 10.4 Å². The van der Waals surface area contributed by atoms with E-state index in [1.54, 1.807) is 18.7 Å². The summed E-state index contributed by atoms with van der Waals surface area (Å²) >= 11 is 1.31. The van der Waals surface area contributed by atoms with Crippen molar-refractivity contribution in [3.8, 4) is 6.07 Å². The van der Waals surface area contributed by atoms with Gasteiger partial charge >= 0.3 is 5.97 Å². The molecule has 0 aliphatic carbocycles. The van der Waals surface area contributed by atoms with E-state index in [1.807, 2.05) is 0 Å². The highest BCUT2D eigenvalue weighted by atomic mass is 32.1. The van der Waals surface area contributed by atoms with Crippen LogP contribution in [-0.2, 0) is 13.5 Å². The zero-order valence-electron chi connectivity index (χ0n) is 11.0. The molecule has 0 atom stereocenters. The van der Waals surface area contributed by atoms with Crippen LogP contribution in [0, 0.1) is 18.3 Å². The van der Waals surface area contributed by atoms with Gasteiger partial charge in [-0.25, -0.2) is 9.78 Å². The number of hydrogen-bond donors (Lipinski definition) is 2. The quantitative estimate of drug-likeness (QED) is 0.863. The third kappa shape index (κ3) is 2.78. The van der Waals surface area contributed by atoms with Gasteiger partial charge in [0.15, 0.2) is 5.69 Å². The molecule has 0 amide bonds. The molecule has 0 saturated heterocycles. The van der Waals surface area contributed by atoms with E-state index in [4.69, 9.17) is 10.4 Å². The predicted octanol–water partition coefficient (Wildman–Crippen LogP) is 1.41. The van der Waals surface area contributed by atoms with E-state index >= 15 is 0 Å². The minimum Gasteiger partial charge on any atom is -0.476 e. The van der Waals surface area contributed by atoms with Gasteiger partial charge in [0.25, 0.3) is 0 Å². The number of aryl methyl sites for hydroxylation is 2. The number of rotatable bonds is 5. The molecular weight excluding hydrogens is 278 g/mol. The summed E-state index contributed by atoms with van der Waals surface area (Å²) in [5.74, 6) is -0.352. The number of hydrogen-bond acceptors (Lipinski definition) is 6. The molecule has 0 unspecified atom stereocenters. The van der Waals surface area contributed by atoms with Gasteiger partial charge in [0, 0.05) is 25.4 Å². The highest BCUT2D eigenvalue weighted by molar-refractivity contribution is 7.09. The number of nitriles is 1. The van der Waals surface area contributed by atoms with Crippen molar-refractivity contribution in [3.05, 3.63) is 27.3 Å². The van der Waals surface area contributed by atoms with Crippen LogP contribution < -0.4 is 5.32 Å². The van der Waals surface area contributed by atoms with Crippen LogP contribution in [0.1, 0.15) is 26.8 Å². The van der Waals surface area contributed by atoms with Crippen LogP contribution in [0.25, 0.3) is 0 Å². The summed E-state index contributed by atoms with van der Waals surface area (Å²) in [6.07, 6.45) is 0.590. The SMILES string of the molecule is Cc1nn(C)c(NCCc2nc(C(=O)O)cs2)c1C#N. The molecule has 2 rings (SSSR count). The van der Waals surface area contributed by atoms with E-state index in [0.717, 1.165) is 5.01 Å². The summed E-state index contributed by atoms with van der Waals surface area (Å²) in [6.45, 7) is 2.34. The predicted molar refractivity (Wildman–Crippen MR) is 73.9 cm³/mol. The second-order valence-corrected chi connectivity index (χ2v) is 5.10. The Labute approximate surface area is 119 Å². The van der Waals surface area contributed by atoms with Crippen molar-refractivity contribution in [3.63, 3.8) is 0 Å². The Kier molecular flexibility index (Phi) is 4.00. The Morgan fingerprint density at radius 2 is 2.40 bits per heavy atom. The van der Waals surface area contributed by atoms with Gasteiger partial charge in [0.05, 0.1) is 10.7 Å². The summed E-state index contributed by atoms with van der Waals surface area (Å²) in [5, 5.41) is 27.4. The second kappa shape index (κ2) is 5.71. The Morgan fingerprint density at radius 1 is 1.65 bits per heavy atom. The summed E-state index contributed by atoms with van der Waals surface area (Å²) in [6, 6.07) is 2.12. The fraction of sp³-hybridized carbons (Fsp3) is 0.333. The molecule has 0 radical (unpaired) electrons. The minimum atomic E-state index is -1.02. The topological polar surface area (TPSA) is 104 Å². The third-order valence-electron chi connectivity index (χ3n) is 2.74. The van der Waals surface area contributed by atoms with Gasteiger partial charge in [0.1, 0.15) is 17.5 Å². The standard InChI is InChI=1S/C12H13N5O2S/c1-7-8(5-13)11(17(2)16-7)14-4-3-10-15-9(6-20-10)12(18)19/h6,14H,3-4H2,1-2H3,(H,18,19). The molecule has 2 N–H and O–H groups in total. The lowest BCUT2D eigenvalue weighted by atomic mass is 10.2. The number of thiazole rings is 1. The summed E-state index contributed by atoms with van der Waals surface area (Å²) in [5.41, 5.74) is 1.27.